The van der Waals surface area contributed by atoms with E-state index in [0.717, 1.165) is 0 Å². The third-order valence-corrected chi connectivity index (χ3v) is 3.09. The summed E-state index contributed by atoms with van der Waals surface area (Å²) in [5.74, 6) is -0.666. The highest BCUT2D eigenvalue weighted by atomic mass is 35.5. The maximum Gasteiger partial charge on any atom is 0.342 e. The Bertz CT molecular complexity index is 467. The number of hydrogen-bond donors (Lipinski definition) is 1. The molecule has 1 aliphatic carbocycles. The standard InChI is InChI=1S/C12H11ClO3/c1-16-11(14)12(15)7-6-10(13)8-4-2-3-5-9(8)12/h2-6,15H,7H2,1H3. The molecule has 0 heterocycles. The van der Waals surface area contributed by atoms with Gasteiger partial charge in [-0.2, -0.15) is 0 Å². The molecule has 1 aromatic rings. The van der Waals surface area contributed by atoms with Gasteiger partial charge in [-0.3, -0.25) is 0 Å². The number of carbonyl (C=O) groups excluding carboxylic acids is 1. The van der Waals surface area contributed by atoms with Gasteiger partial charge < -0.3 is 9.84 Å². The molecule has 1 N–H and O–H groups in total. The van der Waals surface area contributed by atoms with E-state index in [1.54, 1.807) is 30.3 Å². The van der Waals surface area contributed by atoms with Crippen LogP contribution in [0.15, 0.2) is 30.3 Å². The first-order chi connectivity index (χ1) is 7.59. The average Bonchev–Trinajstić information content (AvgIpc) is 2.33. The Balaban J connectivity index is 2.59. The lowest BCUT2D eigenvalue weighted by Crippen LogP contribution is -2.38. The number of aliphatic hydroxyl groups is 1. The Labute approximate surface area is 98.3 Å². The molecule has 1 atom stereocenters. The molecular formula is C12H11ClO3. The molecule has 0 spiro atoms. The monoisotopic (exact) mass is 238 g/mol. The van der Waals surface area contributed by atoms with E-state index in [4.69, 9.17) is 11.6 Å². The smallest absolute Gasteiger partial charge is 0.342 e. The maximum absolute atomic E-state index is 11.6. The molecule has 1 unspecified atom stereocenters. The Kier molecular flexibility index (Phi) is 2.74. The van der Waals surface area contributed by atoms with Crippen LogP contribution in [0.25, 0.3) is 5.03 Å². The summed E-state index contributed by atoms with van der Waals surface area (Å²) < 4.78 is 4.62. The predicted molar refractivity (Wildman–Crippen MR) is 60.8 cm³/mol. The minimum atomic E-state index is -1.62. The third kappa shape index (κ3) is 1.52. The van der Waals surface area contributed by atoms with E-state index >= 15 is 0 Å². The van der Waals surface area contributed by atoms with Gasteiger partial charge in [-0.1, -0.05) is 41.9 Å². The molecule has 0 amide bonds. The van der Waals surface area contributed by atoms with E-state index in [9.17, 15) is 9.90 Å². The van der Waals surface area contributed by atoms with Crippen LogP contribution in [-0.2, 0) is 15.1 Å². The minimum Gasteiger partial charge on any atom is -0.467 e. The molecule has 0 aromatic heterocycles. The minimum absolute atomic E-state index is 0.134. The molecule has 0 fully saturated rings. The van der Waals surface area contributed by atoms with Crippen LogP contribution in [0, 0.1) is 0 Å². The summed E-state index contributed by atoms with van der Waals surface area (Å²) in [5.41, 5.74) is -0.457. The van der Waals surface area contributed by atoms with E-state index in [1.165, 1.54) is 7.11 Å². The van der Waals surface area contributed by atoms with Crippen molar-refractivity contribution in [3.63, 3.8) is 0 Å². The molecule has 0 saturated carbocycles. The molecule has 0 saturated heterocycles. The van der Waals surface area contributed by atoms with Crippen molar-refractivity contribution in [1.82, 2.24) is 0 Å². The van der Waals surface area contributed by atoms with Crippen LogP contribution < -0.4 is 0 Å². The molecule has 16 heavy (non-hydrogen) atoms. The van der Waals surface area contributed by atoms with Crippen molar-refractivity contribution in [2.75, 3.05) is 7.11 Å². The number of benzene rings is 1. The van der Waals surface area contributed by atoms with E-state index in [-0.39, 0.29) is 6.42 Å². The van der Waals surface area contributed by atoms with Gasteiger partial charge in [-0.25, -0.2) is 4.79 Å². The van der Waals surface area contributed by atoms with Gasteiger partial charge in [0.25, 0.3) is 0 Å². The molecule has 0 bridgehead atoms. The number of hydrogen-bond acceptors (Lipinski definition) is 3. The van der Waals surface area contributed by atoms with Gasteiger partial charge in [0, 0.05) is 17.0 Å². The van der Waals surface area contributed by atoms with Crippen molar-refractivity contribution >= 4 is 22.6 Å². The average molecular weight is 239 g/mol. The maximum atomic E-state index is 11.6. The summed E-state index contributed by atoms with van der Waals surface area (Å²) in [5, 5.41) is 10.9. The lowest BCUT2D eigenvalue weighted by atomic mass is 9.83. The number of rotatable bonds is 1. The SMILES string of the molecule is COC(=O)C1(O)CC=C(Cl)c2ccccc21. The number of esters is 1. The van der Waals surface area contributed by atoms with Crippen LogP contribution >= 0.6 is 11.6 Å². The van der Waals surface area contributed by atoms with Crippen LogP contribution in [0.1, 0.15) is 17.5 Å². The van der Waals surface area contributed by atoms with Crippen molar-refractivity contribution < 1.29 is 14.6 Å². The lowest BCUT2D eigenvalue weighted by Gasteiger charge is -2.29. The molecule has 0 radical (unpaired) electrons. The fraction of sp³-hybridized carbons (Fsp3) is 0.250. The molecule has 3 nitrogen and oxygen atoms in total. The summed E-state index contributed by atoms with van der Waals surface area (Å²) in [7, 11) is 1.25. The fourth-order valence-electron chi connectivity index (χ4n) is 1.87. The van der Waals surface area contributed by atoms with Crippen molar-refractivity contribution in [3.8, 4) is 0 Å². The van der Waals surface area contributed by atoms with Gasteiger partial charge in [-0.15, -0.1) is 0 Å². The quantitative estimate of drug-likeness (QED) is 0.762. The van der Waals surface area contributed by atoms with Gasteiger partial charge in [0.15, 0.2) is 5.60 Å². The highest BCUT2D eigenvalue weighted by Gasteiger charge is 2.42. The molecule has 2 rings (SSSR count). The third-order valence-electron chi connectivity index (χ3n) is 2.73. The van der Waals surface area contributed by atoms with Crippen molar-refractivity contribution in [2.45, 2.75) is 12.0 Å². The second kappa shape index (κ2) is 3.92. The second-order valence-electron chi connectivity index (χ2n) is 3.65. The number of carbonyl (C=O) groups is 1. The van der Waals surface area contributed by atoms with E-state index in [1.807, 2.05) is 0 Å². The summed E-state index contributed by atoms with van der Waals surface area (Å²) in [4.78, 5) is 11.6. The number of halogens is 1. The first-order valence-corrected chi connectivity index (χ1v) is 5.23. The lowest BCUT2D eigenvalue weighted by molar-refractivity contribution is -0.163. The van der Waals surface area contributed by atoms with Crippen molar-refractivity contribution in [2.24, 2.45) is 0 Å². The molecule has 0 aliphatic heterocycles. The first kappa shape index (κ1) is 11.2. The zero-order valence-corrected chi connectivity index (χ0v) is 9.49. The molecule has 84 valence electrons. The normalized spacial score (nSPS) is 23.3. The van der Waals surface area contributed by atoms with E-state index in [2.05, 4.69) is 4.74 Å². The van der Waals surface area contributed by atoms with Gasteiger partial charge in [0.2, 0.25) is 0 Å². The van der Waals surface area contributed by atoms with Crippen LogP contribution in [0.2, 0.25) is 0 Å². The molecule has 1 aliphatic rings. The largest absolute Gasteiger partial charge is 0.467 e. The Hall–Kier alpha value is -1.32. The van der Waals surface area contributed by atoms with Crippen LogP contribution in [0.5, 0.6) is 0 Å². The van der Waals surface area contributed by atoms with E-state index < -0.39 is 11.6 Å². The highest BCUT2D eigenvalue weighted by Crippen LogP contribution is 2.39. The van der Waals surface area contributed by atoms with Gasteiger partial charge in [-0.05, 0) is 5.56 Å². The van der Waals surface area contributed by atoms with Crippen molar-refractivity contribution in [3.05, 3.63) is 41.5 Å². The van der Waals surface area contributed by atoms with Gasteiger partial charge in [0.05, 0.1) is 7.11 Å². The summed E-state index contributed by atoms with van der Waals surface area (Å²) in [6, 6.07) is 7.00. The Morgan fingerprint density at radius 1 is 1.50 bits per heavy atom. The molecule has 4 heteroatoms. The summed E-state index contributed by atoms with van der Waals surface area (Å²) in [6.45, 7) is 0. The zero-order valence-electron chi connectivity index (χ0n) is 8.74. The second-order valence-corrected chi connectivity index (χ2v) is 4.06. The Morgan fingerprint density at radius 2 is 2.19 bits per heavy atom. The fourth-order valence-corrected chi connectivity index (χ4v) is 2.11. The van der Waals surface area contributed by atoms with Crippen molar-refractivity contribution in [1.29, 1.82) is 0 Å². The summed E-state index contributed by atoms with van der Waals surface area (Å²) >= 11 is 6.02. The van der Waals surface area contributed by atoms with E-state index in [0.29, 0.717) is 16.2 Å². The topological polar surface area (TPSA) is 46.5 Å². The number of ether oxygens (including phenoxy) is 1. The number of fused-ring (bicyclic) bond motifs is 1. The van der Waals surface area contributed by atoms with Gasteiger partial charge >= 0.3 is 5.97 Å². The first-order valence-electron chi connectivity index (χ1n) is 4.86. The highest BCUT2D eigenvalue weighted by molar-refractivity contribution is 6.49. The van der Waals surface area contributed by atoms with Crippen LogP contribution in [0.3, 0.4) is 0 Å². The predicted octanol–water partition coefficient (Wildman–Crippen LogP) is 2.03. The van der Waals surface area contributed by atoms with Gasteiger partial charge in [0.1, 0.15) is 0 Å². The van der Waals surface area contributed by atoms with Crippen LogP contribution in [0.4, 0.5) is 0 Å². The molecular weight excluding hydrogens is 228 g/mol. The molecule has 1 aromatic carbocycles. The Morgan fingerprint density at radius 3 is 2.88 bits per heavy atom. The van der Waals surface area contributed by atoms with Crippen LogP contribution in [-0.4, -0.2) is 18.2 Å². The summed E-state index contributed by atoms with van der Waals surface area (Å²) in [6.07, 6.45) is 1.76. The number of methoxy groups -OCH3 is 1. The zero-order chi connectivity index (χ0) is 11.8.